The van der Waals surface area contributed by atoms with Gasteiger partial charge in [-0.15, -0.1) is 0 Å². The highest BCUT2D eigenvalue weighted by atomic mass is 16.6. The molecule has 2 aliphatic carbocycles. The average molecular weight is 557 g/mol. The summed E-state index contributed by atoms with van der Waals surface area (Å²) in [7, 11) is 0. The van der Waals surface area contributed by atoms with E-state index in [4.69, 9.17) is 18.9 Å². The van der Waals surface area contributed by atoms with E-state index in [0.29, 0.717) is 36.8 Å². The Hall–Kier alpha value is -3.82. The van der Waals surface area contributed by atoms with E-state index in [2.05, 4.69) is 23.8 Å². The first-order valence-electron chi connectivity index (χ1n) is 13.8. The van der Waals surface area contributed by atoms with E-state index >= 15 is 0 Å². The van der Waals surface area contributed by atoms with Crippen LogP contribution in [0.4, 0.5) is 9.59 Å². The molecule has 0 radical (unpaired) electrons. The molecule has 1 aromatic rings. The van der Waals surface area contributed by atoms with Crippen LogP contribution in [-0.2, 0) is 41.6 Å². The summed E-state index contributed by atoms with van der Waals surface area (Å²) in [5.41, 5.74) is 2.24. The molecule has 2 N–H and O–H groups in total. The van der Waals surface area contributed by atoms with E-state index in [9.17, 15) is 19.2 Å². The normalized spacial score (nSPS) is 22.2. The van der Waals surface area contributed by atoms with Gasteiger partial charge in [0.15, 0.2) is 0 Å². The summed E-state index contributed by atoms with van der Waals surface area (Å²) < 4.78 is 22.0. The molecule has 1 aromatic carbocycles. The number of ether oxygens (including phenoxy) is 4. The van der Waals surface area contributed by atoms with Crippen LogP contribution in [0.1, 0.15) is 76.3 Å². The molecule has 0 aliphatic heterocycles. The van der Waals surface area contributed by atoms with E-state index < -0.39 is 48.5 Å². The molecule has 10 nitrogen and oxygen atoms in total. The predicted molar refractivity (Wildman–Crippen MR) is 147 cm³/mol. The van der Waals surface area contributed by atoms with Crippen molar-refractivity contribution in [1.82, 2.24) is 10.6 Å². The molecule has 2 amide bonds. The molecule has 2 fully saturated rings. The predicted octanol–water partition coefficient (Wildman–Crippen LogP) is 5.00. The topological polar surface area (TPSA) is 129 Å². The molecule has 3 rings (SSSR count). The second-order valence-electron chi connectivity index (χ2n) is 10.4. The highest BCUT2D eigenvalue weighted by Crippen LogP contribution is 2.26. The number of benzene rings is 1. The highest BCUT2D eigenvalue weighted by molar-refractivity contribution is 5.87. The summed E-state index contributed by atoms with van der Waals surface area (Å²) in [4.78, 5) is 48.8. The van der Waals surface area contributed by atoms with Crippen LogP contribution in [0.5, 0.6) is 0 Å². The van der Waals surface area contributed by atoms with Gasteiger partial charge in [0.25, 0.3) is 0 Å². The molecule has 2 aliphatic rings. The Morgan fingerprint density at radius 3 is 1.38 bits per heavy atom. The van der Waals surface area contributed by atoms with E-state index in [0.717, 1.165) is 36.8 Å². The van der Waals surface area contributed by atoms with Gasteiger partial charge in [0.1, 0.15) is 24.4 Å². The van der Waals surface area contributed by atoms with Crippen LogP contribution >= 0.6 is 0 Å². The SMILES string of the molecule is C=C(C)C(=O)OC1CCCCC1OC(=O)NCc1cccc(CNC(=O)OC2CCCCC2OC(=O)C(=C)C)c1. The Labute approximate surface area is 235 Å². The number of nitrogens with one attached hydrogen (secondary N) is 2. The van der Waals surface area contributed by atoms with Crippen LogP contribution in [0.15, 0.2) is 48.6 Å². The molecule has 0 heterocycles. The molecule has 2 saturated carbocycles. The fourth-order valence-corrected chi connectivity index (χ4v) is 4.70. The van der Waals surface area contributed by atoms with Crippen molar-refractivity contribution in [2.24, 2.45) is 0 Å². The molecule has 0 bridgehead atoms. The van der Waals surface area contributed by atoms with Crippen LogP contribution in [0.2, 0.25) is 0 Å². The zero-order valence-electron chi connectivity index (χ0n) is 23.4. The third-order valence-electron chi connectivity index (χ3n) is 6.88. The standard InChI is InChI=1S/C30H40N2O8/c1-19(2)27(33)37-23-12-5-7-14-25(23)39-29(35)31-17-21-10-9-11-22(16-21)18-32-30(36)40-26-15-8-6-13-24(26)38-28(34)20(3)4/h9-11,16,23-26H,1,3,5-8,12-15,17-18H2,2,4H3,(H,31,35)(H,32,36). The molecule has 0 spiro atoms. The number of carbonyl (C=O) groups is 4. The third-order valence-corrected chi connectivity index (χ3v) is 6.88. The molecule has 0 aromatic heterocycles. The Bertz CT molecular complexity index is 1020. The first-order chi connectivity index (χ1) is 19.1. The molecule has 10 heteroatoms. The van der Waals surface area contributed by atoms with Crippen molar-refractivity contribution in [1.29, 1.82) is 0 Å². The van der Waals surface area contributed by atoms with Gasteiger partial charge in [-0.3, -0.25) is 0 Å². The van der Waals surface area contributed by atoms with Gasteiger partial charge in [-0.05, 0) is 76.3 Å². The Morgan fingerprint density at radius 1 is 0.675 bits per heavy atom. The molecule has 40 heavy (non-hydrogen) atoms. The van der Waals surface area contributed by atoms with E-state index in [1.165, 1.54) is 0 Å². The fraction of sp³-hybridized carbons (Fsp3) is 0.533. The maximum Gasteiger partial charge on any atom is 0.407 e. The first-order valence-corrected chi connectivity index (χ1v) is 13.8. The minimum atomic E-state index is -0.593. The summed E-state index contributed by atoms with van der Waals surface area (Å²) in [5.74, 6) is -0.972. The van der Waals surface area contributed by atoms with Gasteiger partial charge in [0.2, 0.25) is 0 Å². The minimum Gasteiger partial charge on any atom is -0.455 e. The summed E-state index contributed by atoms with van der Waals surface area (Å²) in [6.45, 7) is 10.8. The molecular formula is C30H40N2O8. The summed E-state index contributed by atoms with van der Waals surface area (Å²) in [5, 5.41) is 5.48. The van der Waals surface area contributed by atoms with Gasteiger partial charge in [-0.2, -0.15) is 0 Å². The van der Waals surface area contributed by atoms with Crippen LogP contribution < -0.4 is 10.6 Å². The lowest BCUT2D eigenvalue weighted by molar-refractivity contribution is -0.153. The monoisotopic (exact) mass is 556 g/mol. The number of rotatable bonds is 10. The quantitative estimate of drug-likeness (QED) is 0.234. The number of hydrogen-bond acceptors (Lipinski definition) is 8. The van der Waals surface area contributed by atoms with Crippen molar-refractivity contribution < 1.29 is 38.1 Å². The van der Waals surface area contributed by atoms with Crippen molar-refractivity contribution in [3.8, 4) is 0 Å². The first kappa shape index (κ1) is 30.7. The fourth-order valence-electron chi connectivity index (χ4n) is 4.70. The van der Waals surface area contributed by atoms with Crippen molar-refractivity contribution in [2.45, 2.75) is 103 Å². The summed E-state index contributed by atoms with van der Waals surface area (Å²) in [6.07, 6.45) is 2.90. The van der Waals surface area contributed by atoms with Gasteiger partial charge in [0.05, 0.1) is 0 Å². The lowest BCUT2D eigenvalue weighted by Crippen LogP contribution is -2.40. The van der Waals surface area contributed by atoms with Crippen molar-refractivity contribution in [2.75, 3.05) is 0 Å². The van der Waals surface area contributed by atoms with Gasteiger partial charge >= 0.3 is 24.1 Å². The largest absolute Gasteiger partial charge is 0.455 e. The zero-order valence-corrected chi connectivity index (χ0v) is 23.4. The van der Waals surface area contributed by atoms with Crippen molar-refractivity contribution in [3.63, 3.8) is 0 Å². The highest BCUT2D eigenvalue weighted by Gasteiger charge is 2.32. The number of carbonyl (C=O) groups excluding carboxylic acids is 4. The molecule has 4 atom stereocenters. The lowest BCUT2D eigenvalue weighted by Gasteiger charge is -2.30. The Kier molecular flexibility index (Phi) is 11.6. The average Bonchev–Trinajstić information content (AvgIpc) is 2.93. The second-order valence-corrected chi connectivity index (χ2v) is 10.4. The zero-order chi connectivity index (χ0) is 29.1. The van der Waals surface area contributed by atoms with Crippen LogP contribution in [0.3, 0.4) is 0 Å². The third kappa shape index (κ3) is 9.73. The molecule has 4 unspecified atom stereocenters. The minimum absolute atomic E-state index is 0.220. The summed E-state index contributed by atoms with van der Waals surface area (Å²) in [6, 6.07) is 7.38. The number of esters is 2. The van der Waals surface area contributed by atoms with Gasteiger partial charge in [-0.25, -0.2) is 19.2 Å². The number of hydrogen-bond donors (Lipinski definition) is 2. The maximum atomic E-state index is 12.5. The Morgan fingerprint density at radius 2 is 1.02 bits per heavy atom. The van der Waals surface area contributed by atoms with Crippen LogP contribution in [0, 0.1) is 0 Å². The molecule has 0 saturated heterocycles. The van der Waals surface area contributed by atoms with Crippen LogP contribution in [-0.4, -0.2) is 48.5 Å². The maximum absolute atomic E-state index is 12.5. The lowest BCUT2D eigenvalue weighted by atomic mass is 9.94. The van der Waals surface area contributed by atoms with Gasteiger partial charge in [0, 0.05) is 24.2 Å². The number of amides is 2. The van der Waals surface area contributed by atoms with E-state index in [-0.39, 0.29) is 13.1 Å². The van der Waals surface area contributed by atoms with Crippen LogP contribution in [0.25, 0.3) is 0 Å². The smallest absolute Gasteiger partial charge is 0.407 e. The molecule has 218 valence electrons. The number of alkyl carbamates (subject to hydrolysis) is 2. The second kappa shape index (κ2) is 15.1. The Balaban J connectivity index is 1.45. The van der Waals surface area contributed by atoms with Crippen molar-refractivity contribution in [3.05, 3.63) is 59.7 Å². The van der Waals surface area contributed by atoms with Crippen molar-refractivity contribution >= 4 is 24.1 Å². The summed E-state index contributed by atoms with van der Waals surface area (Å²) >= 11 is 0. The van der Waals surface area contributed by atoms with Gasteiger partial charge in [-0.1, -0.05) is 37.4 Å². The molecular weight excluding hydrogens is 516 g/mol. The van der Waals surface area contributed by atoms with E-state index in [1.54, 1.807) is 13.8 Å². The van der Waals surface area contributed by atoms with Gasteiger partial charge < -0.3 is 29.6 Å². The van der Waals surface area contributed by atoms with E-state index in [1.807, 2.05) is 24.3 Å².